The third-order valence-corrected chi connectivity index (χ3v) is 5.41. The minimum absolute atomic E-state index is 0.0475. The van der Waals surface area contributed by atoms with Crippen LogP contribution in [0.25, 0.3) is 22.3 Å². The summed E-state index contributed by atoms with van der Waals surface area (Å²) < 4.78 is 5.86. The SMILES string of the molecule is N#Cc1ccc2oc(-c3c(Cl)nc(N)nc3N[C@@H]3C[C@H](CO)[C@@H](O)[C@H]3O)cc2c1. The van der Waals surface area contributed by atoms with E-state index in [-0.39, 0.29) is 23.5 Å². The summed E-state index contributed by atoms with van der Waals surface area (Å²) in [6.07, 6.45) is -1.85. The number of aliphatic hydroxyl groups excluding tert-OH is 3. The molecule has 10 heteroatoms. The molecule has 0 aliphatic heterocycles. The van der Waals surface area contributed by atoms with E-state index in [0.29, 0.717) is 34.3 Å². The van der Waals surface area contributed by atoms with Gasteiger partial charge >= 0.3 is 0 Å². The van der Waals surface area contributed by atoms with Gasteiger partial charge in [0.2, 0.25) is 5.95 Å². The Hall–Kier alpha value is -2.90. The first-order chi connectivity index (χ1) is 13.9. The Labute approximate surface area is 170 Å². The van der Waals surface area contributed by atoms with Crippen LogP contribution in [-0.4, -0.2) is 50.1 Å². The van der Waals surface area contributed by atoms with Crippen LogP contribution in [0.3, 0.4) is 0 Å². The fraction of sp³-hybridized carbons (Fsp3) is 0.316. The van der Waals surface area contributed by atoms with Crippen molar-refractivity contribution in [2.75, 3.05) is 17.7 Å². The molecule has 0 spiro atoms. The largest absolute Gasteiger partial charge is 0.456 e. The number of nitrogens with one attached hydrogen (secondary N) is 1. The third kappa shape index (κ3) is 3.47. The van der Waals surface area contributed by atoms with Crippen molar-refractivity contribution in [3.63, 3.8) is 0 Å². The van der Waals surface area contributed by atoms with Crippen molar-refractivity contribution in [2.45, 2.75) is 24.7 Å². The van der Waals surface area contributed by atoms with Crippen molar-refractivity contribution in [3.8, 4) is 17.4 Å². The number of halogens is 1. The first-order valence-corrected chi connectivity index (χ1v) is 9.29. The normalized spacial score (nSPS) is 24.0. The van der Waals surface area contributed by atoms with E-state index in [0.717, 1.165) is 0 Å². The van der Waals surface area contributed by atoms with Gasteiger partial charge in [-0.1, -0.05) is 11.6 Å². The molecule has 1 aliphatic rings. The number of hydrogen-bond donors (Lipinski definition) is 5. The van der Waals surface area contributed by atoms with Gasteiger partial charge in [0.15, 0.2) is 0 Å². The average Bonchev–Trinajstić information content (AvgIpc) is 3.22. The number of aromatic nitrogens is 2. The monoisotopic (exact) mass is 415 g/mol. The fourth-order valence-electron chi connectivity index (χ4n) is 3.63. The van der Waals surface area contributed by atoms with Gasteiger partial charge in [0.05, 0.1) is 29.3 Å². The zero-order valence-electron chi connectivity index (χ0n) is 15.1. The van der Waals surface area contributed by atoms with Gasteiger partial charge in [0, 0.05) is 17.9 Å². The predicted octanol–water partition coefficient (Wildman–Crippen LogP) is 1.51. The summed E-state index contributed by atoms with van der Waals surface area (Å²) in [5.41, 5.74) is 7.12. The van der Waals surface area contributed by atoms with Crippen molar-refractivity contribution >= 4 is 34.3 Å². The molecule has 0 bridgehead atoms. The first kappa shape index (κ1) is 19.4. The number of furan rings is 1. The molecule has 1 aromatic carbocycles. The topological polar surface area (TPSA) is 161 Å². The van der Waals surface area contributed by atoms with Gasteiger partial charge in [0.25, 0.3) is 0 Å². The molecule has 0 unspecified atom stereocenters. The molecule has 0 radical (unpaired) electrons. The lowest BCUT2D eigenvalue weighted by molar-refractivity contribution is 0.00446. The second-order valence-electron chi connectivity index (χ2n) is 6.98. The molecule has 2 aromatic heterocycles. The fourth-order valence-corrected chi connectivity index (χ4v) is 3.90. The highest BCUT2D eigenvalue weighted by Gasteiger charge is 2.41. The number of nitrogens with two attached hydrogens (primary N) is 1. The summed E-state index contributed by atoms with van der Waals surface area (Å²) in [6.45, 7) is -0.249. The molecule has 3 aromatic rings. The number of hydrogen-bond acceptors (Lipinski definition) is 9. The number of aliphatic hydroxyl groups is 3. The van der Waals surface area contributed by atoms with Gasteiger partial charge in [0.1, 0.15) is 28.4 Å². The summed E-state index contributed by atoms with van der Waals surface area (Å²) in [5, 5.41) is 42.6. The molecule has 2 heterocycles. The number of nitrogen functional groups attached to an aromatic ring is 1. The van der Waals surface area contributed by atoms with Gasteiger partial charge < -0.3 is 30.8 Å². The van der Waals surface area contributed by atoms with Crippen molar-refractivity contribution in [3.05, 3.63) is 35.0 Å². The van der Waals surface area contributed by atoms with Crippen LogP contribution < -0.4 is 11.1 Å². The van der Waals surface area contributed by atoms with Gasteiger partial charge in [-0.2, -0.15) is 10.2 Å². The second kappa shape index (κ2) is 7.50. The summed E-state index contributed by atoms with van der Waals surface area (Å²) >= 11 is 6.33. The molecular formula is C19H18ClN5O4. The maximum absolute atomic E-state index is 10.3. The molecule has 9 nitrogen and oxygen atoms in total. The van der Waals surface area contributed by atoms with Gasteiger partial charge in [-0.05, 0) is 30.7 Å². The quantitative estimate of drug-likeness (QED) is 0.397. The summed E-state index contributed by atoms with van der Waals surface area (Å²) in [6, 6.07) is 8.20. The number of nitriles is 1. The van der Waals surface area contributed by atoms with Crippen LogP contribution in [0, 0.1) is 17.2 Å². The number of nitrogens with zero attached hydrogens (tertiary/aromatic N) is 3. The highest BCUT2D eigenvalue weighted by Crippen LogP contribution is 2.38. The predicted molar refractivity (Wildman–Crippen MR) is 106 cm³/mol. The molecule has 4 rings (SSSR count). The van der Waals surface area contributed by atoms with Crippen LogP contribution >= 0.6 is 11.6 Å². The minimum Gasteiger partial charge on any atom is -0.456 e. The van der Waals surface area contributed by atoms with Crippen molar-refractivity contribution in [2.24, 2.45) is 5.92 Å². The lowest BCUT2D eigenvalue weighted by atomic mass is 10.1. The zero-order valence-corrected chi connectivity index (χ0v) is 15.8. The molecular weight excluding hydrogens is 398 g/mol. The molecule has 0 saturated heterocycles. The summed E-state index contributed by atoms with van der Waals surface area (Å²) in [7, 11) is 0. The molecule has 1 saturated carbocycles. The van der Waals surface area contributed by atoms with E-state index in [1.54, 1.807) is 24.3 Å². The van der Waals surface area contributed by atoms with E-state index in [4.69, 9.17) is 27.0 Å². The van der Waals surface area contributed by atoms with Gasteiger partial charge in [-0.25, -0.2) is 4.98 Å². The maximum atomic E-state index is 10.3. The Morgan fingerprint density at radius 3 is 2.76 bits per heavy atom. The number of anilines is 2. The van der Waals surface area contributed by atoms with Gasteiger partial charge in [-0.3, -0.25) is 0 Å². The van der Waals surface area contributed by atoms with Crippen LogP contribution in [-0.2, 0) is 0 Å². The maximum Gasteiger partial charge on any atom is 0.223 e. The Morgan fingerprint density at radius 2 is 2.07 bits per heavy atom. The van der Waals surface area contributed by atoms with E-state index < -0.39 is 24.2 Å². The first-order valence-electron chi connectivity index (χ1n) is 8.92. The molecule has 1 fully saturated rings. The smallest absolute Gasteiger partial charge is 0.223 e. The highest BCUT2D eigenvalue weighted by atomic mass is 35.5. The van der Waals surface area contributed by atoms with Crippen molar-refractivity contribution in [1.82, 2.24) is 9.97 Å². The third-order valence-electron chi connectivity index (χ3n) is 5.13. The molecule has 4 atom stereocenters. The van der Waals surface area contributed by atoms with E-state index >= 15 is 0 Å². The van der Waals surface area contributed by atoms with Crippen molar-refractivity contribution < 1.29 is 19.7 Å². The second-order valence-corrected chi connectivity index (χ2v) is 7.34. The number of rotatable bonds is 4. The lowest BCUT2D eigenvalue weighted by Crippen LogP contribution is -2.35. The molecule has 6 N–H and O–H groups in total. The number of fused-ring (bicyclic) bond motifs is 1. The highest BCUT2D eigenvalue weighted by molar-refractivity contribution is 6.32. The standard InChI is InChI=1S/C19H18ClN5O4/c20-17-14(13-5-9-3-8(6-21)1-2-12(9)29-13)18(25-19(22)24-17)23-11-4-10(7-26)15(27)16(11)28/h1-3,5,10-11,15-16,26-28H,4,7H2,(H3,22,23,24,25)/t10-,11-,15-,16+/m1/s1. The average molecular weight is 416 g/mol. The Morgan fingerprint density at radius 1 is 1.28 bits per heavy atom. The van der Waals surface area contributed by atoms with Crippen LogP contribution in [0.15, 0.2) is 28.7 Å². The summed E-state index contributed by atoms with van der Waals surface area (Å²) in [5.74, 6) is 0.0540. The zero-order chi connectivity index (χ0) is 20.7. The van der Waals surface area contributed by atoms with E-state index in [2.05, 4.69) is 21.4 Å². The van der Waals surface area contributed by atoms with Crippen molar-refractivity contribution in [1.29, 1.82) is 5.26 Å². The Balaban J connectivity index is 1.76. The summed E-state index contributed by atoms with van der Waals surface area (Å²) in [4.78, 5) is 8.17. The molecule has 1 aliphatic carbocycles. The molecule has 150 valence electrons. The number of benzene rings is 1. The van der Waals surface area contributed by atoms with Crippen LogP contribution in [0.4, 0.5) is 11.8 Å². The van der Waals surface area contributed by atoms with Crippen LogP contribution in [0.2, 0.25) is 5.15 Å². The van der Waals surface area contributed by atoms with Crippen LogP contribution in [0.1, 0.15) is 12.0 Å². The molecule has 29 heavy (non-hydrogen) atoms. The van der Waals surface area contributed by atoms with Gasteiger partial charge in [-0.15, -0.1) is 0 Å². The van der Waals surface area contributed by atoms with E-state index in [9.17, 15) is 15.3 Å². The van der Waals surface area contributed by atoms with E-state index in [1.807, 2.05) is 0 Å². The molecule has 0 amide bonds. The lowest BCUT2D eigenvalue weighted by Gasteiger charge is -2.20. The Kier molecular flexibility index (Phi) is 5.02. The van der Waals surface area contributed by atoms with Crippen LogP contribution in [0.5, 0.6) is 0 Å². The Bertz CT molecular complexity index is 1110. The van der Waals surface area contributed by atoms with E-state index in [1.165, 1.54) is 0 Å². The minimum atomic E-state index is -1.11.